The molecular weight excluding hydrogens is 244 g/mol. The summed E-state index contributed by atoms with van der Waals surface area (Å²) >= 11 is 1.85. The Labute approximate surface area is 110 Å². The van der Waals surface area contributed by atoms with Crippen LogP contribution in [0.15, 0.2) is 17.6 Å². The van der Waals surface area contributed by atoms with E-state index in [0.717, 1.165) is 24.3 Å². The van der Waals surface area contributed by atoms with E-state index < -0.39 is 0 Å². The van der Waals surface area contributed by atoms with Gasteiger partial charge in [0.25, 0.3) is 0 Å². The number of hydrogen-bond acceptors (Lipinski definition) is 5. The number of nitrogens with two attached hydrogens (primary N) is 1. The van der Waals surface area contributed by atoms with E-state index >= 15 is 0 Å². The second-order valence-electron chi connectivity index (χ2n) is 4.65. The highest BCUT2D eigenvalue weighted by Gasteiger charge is 2.26. The first-order valence-electron chi connectivity index (χ1n) is 6.09. The van der Waals surface area contributed by atoms with Gasteiger partial charge in [0.05, 0.1) is 6.04 Å². The lowest BCUT2D eigenvalue weighted by atomic mass is 10.0. The normalized spacial score (nSPS) is 18.8. The maximum absolute atomic E-state index is 5.71. The Balaban J connectivity index is 2.01. The van der Waals surface area contributed by atoms with E-state index in [1.54, 1.807) is 6.20 Å². The van der Waals surface area contributed by atoms with E-state index in [1.165, 1.54) is 10.4 Å². The third kappa shape index (κ3) is 1.75. The Kier molecular flexibility index (Phi) is 2.70. The summed E-state index contributed by atoms with van der Waals surface area (Å²) in [4.78, 5) is 12.3. The molecule has 0 spiro atoms. The predicted octanol–water partition coefficient (Wildman–Crippen LogP) is 2.55. The Morgan fingerprint density at radius 1 is 1.50 bits per heavy atom. The highest BCUT2D eigenvalue weighted by molar-refractivity contribution is 7.10. The van der Waals surface area contributed by atoms with Crippen LogP contribution >= 0.6 is 11.3 Å². The molecule has 3 rings (SSSR count). The fraction of sp³-hybridized carbons (Fsp3) is 0.385. The summed E-state index contributed by atoms with van der Waals surface area (Å²) in [5.74, 6) is 1.31. The van der Waals surface area contributed by atoms with Crippen LogP contribution < -0.4 is 10.6 Å². The highest BCUT2D eigenvalue weighted by Crippen LogP contribution is 2.36. The van der Waals surface area contributed by atoms with Gasteiger partial charge in [-0.2, -0.15) is 4.98 Å². The molecule has 94 valence electrons. The molecule has 0 aliphatic carbocycles. The summed E-state index contributed by atoms with van der Waals surface area (Å²) in [6.45, 7) is 5.25. The van der Waals surface area contributed by atoms with Crippen molar-refractivity contribution in [3.8, 4) is 0 Å². The monoisotopic (exact) mass is 260 g/mol. The topological polar surface area (TPSA) is 55.0 Å². The van der Waals surface area contributed by atoms with Crippen molar-refractivity contribution in [3.63, 3.8) is 0 Å². The fourth-order valence-electron chi connectivity index (χ4n) is 2.54. The molecule has 3 heterocycles. The highest BCUT2D eigenvalue weighted by atomic mass is 32.1. The number of aryl methyl sites for hydroxylation is 1. The van der Waals surface area contributed by atoms with Crippen LogP contribution in [0, 0.1) is 6.92 Å². The van der Waals surface area contributed by atoms with Crippen LogP contribution in [0.2, 0.25) is 0 Å². The lowest BCUT2D eigenvalue weighted by molar-refractivity contribution is 0.622. The Morgan fingerprint density at radius 3 is 3.17 bits per heavy atom. The number of anilines is 2. The van der Waals surface area contributed by atoms with Gasteiger partial charge in [-0.3, -0.25) is 0 Å². The van der Waals surface area contributed by atoms with Crippen molar-refractivity contribution in [2.24, 2.45) is 0 Å². The third-order valence-corrected chi connectivity index (χ3v) is 4.51. The zero-order chi connectivity index (χ0) is 12.7. The number of hydrogen-bond donors (Lipinski definition) is 1. The summed E-state index contributed by atoms with van der Waals surface area (Å²) in [5, 5.41) is 2.17. The van der Waals surface area contributed by atoms with Crippen LogP contribution in [0.1, 0.15) is 29.0 Å². The molecule has 0 bridgehead atoms. The molecule has 0 radical (unpaired) electrons. The van der Waals surface area contributed by atoms with Crippen LogP contribution in [0.25, 0.3) is 0 Å². The first-order valence-corrected chi connectivity index (χ1v) is 6.97. The fourth-order valence-corrected chi connectivity index (χ4v) is 3.50. The van der Waals surface area contributed by atoms with Gasteiger partial charge in [-0.1, -0.05) is 0 Å². The number of rotatable bonds is 1. The average Bonchev–Trinajstić information content (AvgIpc) is 2.82. The average molecular weight is 260 g/mol. The van der Waals surface area contributed by atoms with E-state index in [1.807, 2.05) is 18.3 Å². The van der Waals surface area contributed by atoms with Crippen molar-refractivity contribution in [2.45, 2.75) is 26.3 Å². The molecule has 1 aliphatic rings. The largest absolute Gasteiger partial charge is 0.368 e. The summed E-state index contributed by atoms with van der Waals surface area (Å²) in [7, 11) is 0. The first kappa shape index (κ1) is 11.5. The zero-order valence-corrected chi connectivity index (χ0v) is 11.4. The number of nitrogens with zero attached hydrogens (tertiary/aromatic N) is 3. The van der Waals surface area contributed by atoms with Crippen LogP contribution in [0.4, 0.5) is 11.8 Å². The maximum atomic E-state index is 5.71. The minimum absolute atomic E-state index is 0.346. The van der Waals surface area contributed by atoms with Crippen molar-refractivity contribution in [3.05, 3.63) is 33.6 Å². The van der Waals surface area contributed by atoms with E-state index in [9.17, 15) is 0 Å². The Hall–Kier alpha value is -1.62. The van der Waals surface area contributed by atoms with E-state index in [4.69, 9.17) is 5.73 Å². The molecular formula is C13H16N4S. The Morgan fingerprint density at radius 2 is 2.33 bits per heavy atom. The summed E-state index contributed by atoms with van der Waals surface area (Å²) in [6, 6.07) is 2.57. The van der Waals surface area contributed by atoms with Gasteiger partial charge in [-0.05, 0) is 37.3 Å². The quantitative estimate of drug-likeness (QED) is 0.856. The molecule has 2 N–H and O–H groups in total. The molecule has 0 saturated carbocycles. The number of fused-ring (bicyclic) bond motifs is 1. The molecule has 1 unspecified atom stereocenters. The third-order valence-electron chi connectivity index (χ3n) is 3.51. The Bertz CT molecular complexity index is 578. The van der Waals surface area contributed by atoms with Gasteiger partial charge in [-0.15, -0.1) is 11.3 Å². The molecule has 0 amide bonds. The van der Waals surface area contributed by atoms with Gasteiger partial charge in [0.1, 0.15) is 5.82 Å². The van der Waals surface area contributed by atoms with Crippen molar-refractivity contribution in [1.82, 2.24) is 9.97 Å². The second kappa shape index (κ2) is 4.24. The second-order valence-corrected chi connectivity index (χ2v) is 5.65. The number of aromatic nitrogens is 2. The lowest BCUT2D eigenvalue weighted by Gasteiger charge is -2.35. The van der Waals surface area contributed by atoms with Crippen molar-refractivity contribution < 1.29 is 0 Å². The SMILES string of the molecule is Cc1cnc(N)nc1N1CCc2sccc2C1C. The van der Waals surface area contributed by atoms with Gasteiger partial charge < -0.3 is 10.6 Å². The smallest absolute Gasteiger partial charge is 0.221 e. The molecule has 2 aromatic heterocycles. The van der Waals surface area contributed by atoms with E-state index in [-0.39, 0.29) is 0 Å². The molecule has 1 aliphatic heterocycles. The van der Waals surface area contributed by atoms with Gasteiger partial charge in [-0.25, -0.2) is 4.98 Å². The van der Waals surface area contributed by atoms with Crippen molar-refractivity contribution >= 4 is 23.1 Å². The predicted molar refractivity (Wildman–Crippen MR) is 75.0 cm³/mol. The first-order chi connectivity index (χ1) is 8.66. The standard InChI is InChI=1S/C13H16N4S/c1-8-7-15-13(14)16-12(8)17-5-3-11-10(9(17)2)4-6-18-11/h4,6-7,9H,3,5H2,1-2H3,(H2,14,15,16). The van der Waals surface area contributed by atoms with Crippen LogP contribution in [-0.2, 0) is 6.42 Å². The van der Waals surface area contributed by atoms with Crippen LogP contribution in [0.3, 0.4) is 0 Å². The van der Waals surface area contributed by atoms with Gasteiger partial charge in [0.15, 0.2) is 0 Å². The molecule has 1 atom stereocenters. The molecule has 5 heteroatoms. The summed E-state index contributed by atoms with van der Waals surface area (Å²) < 4.78 is 0. The van der Waals surface area contributed by atoms with Gasteiger partial charge >= 0.3 is 0 Å². The van der Waals surface area contributed by atoms with Crippen LogP contribution in [0.5, 0.6) is 0 Å². The molecule has 18 heavy (non-hydrogen) atoms. The van der Waals surface area contributed by atoms with Gasteiger partial charge in [0, 0.05) is 23.2 Å². The van der Waals surface area contributed by atoms with Crippen LogP contribution in [-0.4, -0.2) is 16.5 Å². The van der Waals surface area contributed by atoms with E-state index in [2.05, 4.69) is 33.2 Å². The molecule has 0 saturated heterocycles. The zero-order valence-electron chi connectivity index (χ0n) is 10.6. The lowest BCUT2D eigenvalue weighted by Crippen LogP contribution is -2.34. The molecule has 0 aromatic carbocycles. The van der Waals surface area contributed by atoms with E-state index in [0.29, 0.717) is 12.0 Å². The summed E-state index contributed by atoms with van der Waals surface area (Å²) in [5.41, 5.74) is 8.21. The number of nitrogen functional groups attached to an aromatic ring is 1. The molecule has 4 nitrogen and oxygen atoms in total. The minimum Gasteiger partial charge on any atom is -0.368 e. The molecule has 2 aromatic rings. The van der Waals surface area contributed by atoms with Gasteiger partial charge in [0.2, 0.25) is 5.95 Å². The molecule has 0 fully saturated rings. The maximum Gasteiger partial charge on any atom is 0.221 e. The van der Waals surface area contributed by atoms with Crippen molar-refractivity contribution in [2.75, 3.05) is 17.2 Å². The summed E-state index contributed by atoms with van der Waals surface area (Å²) in [6.07, 6.45) is 2.88. The number of thiophene rings is 1. The minimum atomic E-state index is 0.346. The van der Waals surface area contributed by atoms with Crippen molar-refractivity contribution in [1.29, 1.82) is 0 Å².